The number of methoxy groups -OCH3 is 3. The van der Waals surface area contributed by atoms with Gasteiger partial charge in [-0.25, -0.2) is 4.98 Å². The van der Waals surface area contributed by atoms with Gasteiger partial charge in [-0.05, 0) is 66.2 Å². The molecule has 0 radical (unpaired) electrons. The van der Waals surface area contributed by atoms with Crippen LogP contribution in [-0.4, -0.2) is 44.0 Å². The third kappa shape index (κ3) is 9.34. The number of benzene rings is 5. The van der Waals surface area contributed by atoms with Crippen LogP contribution in [0.15, 0.2) is 143 Å². The number of hydrogen-bond donors (Lipinski definition) is 3. The third-order valence-corrected chi connectivity index (χ3v) is 10.1. The first-order valence-electron chi connectivity index (χ1n) is 16.7. The minimum absolute atomic E-state index is 0.0112. The maximum absolute atomic E-state index is 13.9. The average molecular weight is 757 g/mol. The van der Waals surface area contributed by atoms with E-state index in [1.807, 2.05) is 66.0 Å². The van der Waals surface area contributed by atoms with E-state index in [0.29, 0.717) is 44.9 Å². The first-order valence-corrected chi connectivity index (χ1v) is 18.4. The van der Waals surface area contributed by atoms with Crippen LogP contribution in [0, 0.1) is 0 Å². The van der Waals surface area contributed by atoms with Crippen LogP contribution in [0.1, 0.15) is 26.7 Å². The van der Waals surface area contributed by atoms with E-state index < -0.39 is 17.1 Å². The highest BCUT2D eigenvalue weighted by molar-refractivity contribution is 8.00. The summed E-state index contributed by atoms with van der Waals surface area (Å²) in [5, 5.41) is 10.3. The van der Waals surface area contributed by atoms with Gasteiger partial charge in [-0.3, -0.25) is 14.4 Å². The highest BCUT2D eigenvalue weighted by atomic mass is 32.2. The van der Waals surface area contributed by atoms with E-state index in [0.717, 1.165) is 16.0 Å². The molecular formula is C42H36N4O6S2. The van der Waals surface area contributed by atoms with Crippen LogP contribution in [0.25, 0.3) is 17.3 Å². The van der Waals surface area contributed by atoms with Gasteiger partial charge in [0.05, 0.1) is 27.0 Å². The number of anilines is 2. The van der Waals surface area contributed by atoms with Crippen molar-refractivity contribution < 1.29 is 28.6 Å². The van der Waals surface area contributed by atoms with E-state index >= 15 is 0 Å². The quantitative estimate of drug-likeness (QED) is 0.0744. The molecule has 1 heterocycles. The summed E-state index contributed by atoms with van der Waals surface area (Å²) < 4.78 is 16.4. The fraction of sp³-hybridized carbons (Fsp3) is 0.0952. The molecule has 54 heavy (non-hydrogen) atoms. The first kappa shape index (κ1) is 37.4. The number of thiazole rings is 1. The molecule has 1 unspecified atom stereocenters. The predicted molar refractivity (Wildman–Crippen MR) is 214 cm³/mol. The van der Waals surface area contributed by atoms with Crippen LogP contribution in [-0.2, 0) is 9.59 Å². The summed E-state index contributed by atoms with van der Waals surface area (Å²) in [5.41, 5.74) is 3.69. The second-order valence-electron chi connectivity index (χ2n) is 11.6. The monoisotopic (exact) mass is 756 g/mol. The first-order chi connectivity index (χ1) is 26.3. The van der Waals surface area contributed by atoms with Gasteiger partial charge in [0.2, 0.25) is 5.91 Å². The molecule has 272 valence electrons. The van der Waals surface area contributed by atoms with Crippen LogP contribution in [0.4, 0.5) is 10.8 Å². The van der Waals surface area contributed by atoms with Crippen molar-refractivity contribution in [3.8, 4) is 28.5 Å². The Morgan fingerprint density at radius 1 is 0.741 bits per heavy atom. The lowest BCUT2D eigenvalue weighted by atomic mass is 10.1. The number of carbonyl (C=O) groups excluding carboxylic acids is 3. The summed E-state index contributed by atoms with van der Waals surface area (Å²) in [7, 11) is 4.66. The number of nitrogens with one attached hydrogen (secondary N) is 3. The van der Waals surface area contributed by atoms with Gasteiger partial charge in [0.15, 0.2) is 5.13 Å². The number of aromatic nitrogens is 1. The number of ether oxygens (including phenoxy) is 3. The van der Waals surface area contributed by atoms with Crippen LogP contribution >= 0.6 is 23.1 Å². The molecule has 5 aromatic carbocycles. The molecule has 6 rings (SSSR count). The van der Waals surface area contributed by atoms with E-state index in [2.05, 4.69) is 20.9 Å². The molecule has 10 nitrogen and oxygen atoms in total. The molecule has 0 fully saturated rings. The molecule has 3 N–H and O–H groups in total. The maximum Gasteiger partial charge on any atom is 0.272 e. The summed E-state index contributed by atoms with van der Waals surface area (Å²) in [4.78, 5) is 46.4. The summed E-state index contributed by atoms with van der Waals surface area (Å²) in [6.07, 6.45) is 1.54. The Morgan fingerprint density at radius 3 is 2.20 bits per heavy atom. The fourth-order valence-electron chi connectivity index (χ4n) is 5.40. The lowest BCUT2D eigenvalue weighted by Gasteiger charge is -2.17. The Balaban J connectivity index is 1.24. The minimum Gasteiger partial charge on any atom is -0.497 e. The molecule has 0 saturated carbocycles. The number of nitrogens with zero attached hydrogens (tertiary/aromatic N) is 1. The number of hydrogen-bond acceptors (Lipinski definition) is 9. The topological polar surface area (TPSA) is 128 Å². The van der Waals surface area contributed by atoms with Gasteiger partial charge in [-0.2, -0.15) is 0 Å². The predicted octanol–water partition coefficient (Wildman–Crippen LogP) is 8.72. The average Bonchev–Trinajstić information content (AvgIpc) is 3.68. The van der Waals surface area contributed by atoms with Crippen molar-refractivity contribution in [2.75, 3.05) is 32.0 Å². The Hall–Kier alpha value is -6.37. The molecular weight excluding hydrogens is 721 g/mol. The van der Waals surface area contributed by atoms with Crippen LogP contribution in [0.5, 0.6) is 17.2 Å². The van der Waals surface area contributed by atoms with Crippen molar-refractivity contribution in [1.29, 1.82) is 0 Å². The van der Waals surface area contributed by atoms with Crippen LogP contribution in [0.3, 0.4) is 0 Å². The number of thioether (sulfide) groups is 1. The van der Waals surface area contributed by atoms with E-state index in [1.165, 1.54) is 30.2 Å². The molecule has 0 bridgehead atoms. The molecule has 1 aromatic heterocycles. The van der Waals surface area contributed by atoms with E-state index in [4.69, 9.17) is 14.2 Å². The normalized spacial score (nSPS) is 11.6. The van der Waals surface area contributed by atoms with Crippen molar-refractivity contribution in [3.63, 3.8) is 0 Å². The Bertz CT molecular complexity index is 2280. The number of amides is 3. The van der Waals surface area contributed by atoms with Gasteiger partial charge in [0.25, 0.3) is 11.8 Å². The smallest absolute Gasteiger partial charge is 0.272 e. The van der Waals surface area contributed by atoms with E-state index in [1.54, 1.807) is 87.0 Å². The molecule has 0 aliphatic heterocycles. The summed E-state index contributed by atoms with van der Waals surface area (Å²) in [6.45, 7) is 0. The van der Waals surface area contributed by atoms with Gasteiger partial charge in [-0.15, -0.1) is 23.1 Å². The highest BCUT2D eigenvalue weighted by Gasteiger charge is 2.24. The number of para-hydroxylation sites is 1. The minimum atomic E-state index is -0.654. The summed E-state index contributed by atoms with van der Waals surface area (Å²) >= 11 is 2.65. The lowest BCUT2D eigenvalue weighted by molar-refractivity contribution is -0.116. The third-order valence-electron chi connectivity index (χ3n) is 8.07. The lowest BCUT2D eigenvalue weighted by Crippen LogP contribution is -2.30. The highest BCUT2D eigenvalue weighted by Crippen LogP contribution is 2.38. The Labute approximate surface area is 321 Å². The molecule has 0 spiro atoms. The van der Waals surface area contributed by atoms with Crippen molar-refractivity contribution in [3.05, 3.63) is 155 Å². The van der Waals surface area contributed by atoms with Crippen molar-refractivity contribution in [2.24, 2.45) is 0 Å². The van der Waals surface area contributed by atoms with Gasteiger partial charge in [0, 0.05) is 38.7 Å². The molecule has 0 saturated heterocycles. The van der Waals surface area contributed by atoms with E-state index in [9.17, 15) is 14.4 Å². The van der Waals surface area contributed by atoms with Gasteiger partial charge >= 0.3 is 0 Å². The molecule has 12 heteroatoms. The van der Waals surface area contributed by atoms with E-state index in [-0.39, 0.29) is 11.6 Å². The van der Waals surface area contributed by atoms with Crippen molar-refractivity contribution >= 4 is 57.7 Å². The maximum atomic E-state index is 13.9. The fourth-order valence-corrected chi connectivity index (χ4v) is 7.20. The Morgan fingerprint density at radius 2 is 1.46 bits per heavy atom. The second kappa shape index (κ2) is 17.9. The standard InChI is InChI=1S/C42H36N4O6S2/c1-50-31-22-21-29(37(25-31)52-3)23-34(44-39(47)28-15-8-5-9-16-28)40(48)43-30-17-12-18-32(24-30)54-38(27-13-6-4-7-14-27)41(49)46-42-45-35(26-53-42)33-19-10-11-20-36(33)51-2/h4-26,38H,1-3H3,(H,43,48)(H,44,47)(H,45,46,49)/b34-23+. The zero-order chi connectivity index (χ0) is 37.9. The SMILES string of the molecule is COc1ccc(/C=C(/NC(=O)c2ccccc2)C(=O)Nc2cccc(SC(C(=O)Nc3nc(-c4ccccc4OC)cs3)c3ccccc3)c2)c(OC)c1. The summed E-state index contributed by atoms with van der Waals surface area (Å²) in [5.74, 6) is 0.429. The van der Waals surface area contributed by atoms with Crippen molar-refractivity contribution in [2.45, 2.75) is 10.1 Å². The molecule has 1 atom stereocenters. The molecule has 0 aliphatic carbocycles. The van der Waals surface area contributed by atoms with Crippen LogP contribution in [0.2, 0.25) is 0 Å². The molecule has 3 amide bonds. The largest absolute Gasteiger partial charge is 0.497 e. The number of rotatable bonds is 14. The van der Waals surface area contributed by atoms with Gasteiger partial charge in [-0.1, -0.05) is 66.7 Å². The summed E-state index contributed by atoms with van der Waals surface area (Å²) in [6, 6.07) is 37.9. The molecule has 0 aliphatic rings. The zero-order valence-electron chi connectivity index (χ0n) is 29.6. The number of carbonyl (C=O) groups is 3. The van der Waals surface area contributed by atoms with Gasteiger partial charge < -0.3 is 30.2 Å². The van der Waals surface area contributed by atoms with Crippen molar-refractivity contribution in [1.82, 2.24) is 10.3 Å². The molecule has 6 aromatic rings. The van der Waals surface area contributed by atoms with Crippen LogP contribution < -0.4 is 30.2 Å². The Kier molecular flexibility index (Phi) is 12.4. The zero-order valence-corrected chi connectivity index (χ0v) is 31.2. The van der Waals surface area contributed by atoms with Gasteiger partial charge in [0.1, 0.15) is 28.2 Å². The second-order valence-corrected chi connectivity index (χ2v) is 13.6.